The maximum Gasteiger partial charge on any atom is 0.322 e. The molecule has 0 bridgehead atoms. The number of rotatable bonds is 6. The fraction of sp³-hybridized carbons (Fsp3) is 0.235. The SMILES string of the molecule is Cc1ccccc1C(=O)c1cccc(OCC2CO2)c1[N+](=O)[O-]. The first kappa shape index (κ1) is 15.2. The van der Waals surface area contributed by atoms with Gasteiger partial charge < -0.3 is 9.47 Å². The lowest BCUT2D eigenvalue weighted by Crippen LogP contribution is -2.10. The van der Waals surface area contributed by atoms with Crippen molar-refractivity contribution >= 4 is 11.5 Å². The molecular formula is C17H15NO5. The van der Waals surface area contributed by atoms with Crippen molar-refractivity contribution < 1.29 is 19.2 Å². The van der Waals surface area contributed by atoms with E-state index in [-0.39, 0.29) is 35.5 Å². The molecule has 2 aromatic rings. The van der Waals surface area contributed by atoms with Gasteiger partial charge in [-0.25, -0.2) is 0 Å². The Balaban J connectivity index is 2.00. The Kier molecular flexibility index (Phi) is 4.08. The summed E-state index contributed by atoms with van der Waals surface area (Å²) < 4.78 is 10.5. The van der Waals surface area contributed by atoms with E-state index in [9.17, 15) is 14.9 Å². The number of carbonyl (C=O) groups excluding carboxylic acids is 1. The van der Waals surface area contributed by atoms with Crippen molar-refractivity contribution in [3.8, 4) is 5.75 Å². The summed E-state index contributed by atoms with van der Waals surface area (Å²) in [6, 6.07) is 11.5. The predicted octanol–water partition coefficient (Wildman–Crippen LogP) is 2.91. The maximum absolute atomic E-state index is 12.7. The summed E-state index contributed by atoms with van der Waals surface area (Å²) in [5.41, 5.74) is 0.933. The van der Waals surface area contributed by atoms with Crippen molar-refractivity contribution in [3.63, 3.8) is 0 Å². The molecule has 6 nitrogen and oxygen atoms in total. The van der Waals surface area contributed by atoms with E-state index >= 15 is 0 Å². The molecule has 23 heavy (non-hydrogen) atoms. The molecule has 1 fully saturated rings. The Morgan fingerprint density at radius 3 is 2.61 bits per heavy atom. The zero-order valence-corrected chi connectivity index (χ0v) is 12.5. The van der Waals surface area contributed by atoms with Crippen molar-refractivity contribution in [3.05, 3.63) is 69.3 Å². The van der Waals surface area contributed by atoms with Crippen LogP contribution in [0.25, 0.3) is 0 Å². The van der Waals surface area contributed by atoms with E-state index in [4.69, 9.17) is 9.47 Å². The third kappa shape index (κ3) is 3.22. The fourth-order valence-corrected chi connectivity index (χ4v) is 2.33. The average Bonchev–Trinajstić information content (AvgIpc) is 3.36. The second-order valence-corrected chi connectivity index (χ2v) is 5.32. The van der Waals surface area contributed by atoms with E-state index in [0.29, 0.717) is 12.2 Å². The van der Waals surface area contributed by atoms with Crippen LogP contribution in [-0.4, -0.2) is 30.0 Å². The smallest absolute Gasteiger partial charge is 0.322 e. The monoisotopic (exact) mass is 313 g/mol. The number of nitro groups is 1. The van der Waals surface area contributed by atoms with Crippen LogP contribution in [0.2, 0.25) is 0 Å². The van der Waals surface area contributed by atoms with Crippen LogP contribution in [0.5, 0.6) is 5.75 Å². The molecule has 0 aliphatic carbocycles. The van der Waals surface area contributed by atoms with Gasteiger partial charge in [-0.1, -0.05) is 30.3 Å². The molecule has 118 valence electrons. The zero-order valence-electron chi connectivity index (χ0n) is 12.5. The number of ether oxygens (including phenoxy) is 2. The minimum absolute atomic E-state index is 0.0228. The number of aryl methyl sites for hydroxylation is 1. The number of nitrogens with zero attached hydrogens (tertiary/aromatic N) is 1. The molecule has 0 saturated carbocycles. The molecule has 0 N–H and O–H groups in total. The molecular weight excluding hydrogens is 298 g/mol. The molecule has 0 radical (unpaired) electrons. The van der Waals surface area contributed by atoms with Gasteiger partial charge in [-0.15, -0.1) is 0 Å². The molecule has 1 unspecified atom stereocenters. The van der Waals surface area contributed by atoms with Gasteiger partial charge in [0.15, 0.2) is 11.5 Å². The Morgan fingerprint density at radius 2 is 1.96 bits per heavy atom. The van der Waals surface area contributed by atoms with Crippen LogP contribution in [0, 0.1) is 17.0 Å². The highest BCUT2D eigenvalue weighted by molar-refractivity contribution is 6.12. The number of para-hydroxylation sites is 1. The average molecular weight is 313 g/mol. The second-order valence-electron chi connectivity index (χ2n) is 5.32. The Hall–Kier alpha value is -2.73. The molecule has 1 saturated heterocycles. The number of hydrogen-bond acceptors (Lipinski definition) is 5. The number of hydrogen-bond donors (Lipinski definition) is 0. The minimum Gasteiger partial charge on any atom is -0.484 e. The van der Waals surface area contributed by atoms with Crippen LogP contribution in [0.4, 0.5) is 5.69 Å². The first-order valence-corrected chi connectivity index (χ1v) is 7.20. The number of epoxide rings is 1. The van der Waals surface area contributed by atoms with Gasteiger partial charge in [0, 0.05) is 5.56 Å². The van der Waals surface area contributed by atoms with Crippen molar-refractivity contribution in [2.24, 2.45) is 0 Å². The third-order valence-electron chi connectivity index (χ3n) is 3.64. The lowest BCUT2D eigenvalue weighted by molar-refractivity contribution is -0.386. The van der Waals surface area contributed by atoms with Crippen molar-refractivity contribution in [2.45, 2.75) is 13.0 Å². The van der Waals surface area contributed by atoms with Gasteiger partial charge in [-0.2, -0.15) is 0 Å². The van der Waals surface area contributed by atoms with Crippen LogP contribution in [0.1, 0.15) is 21.5 Å². The largest absolute Gasteiger partial charge is 0.484 e. The van der Waals surface area contributed by atoms with E-state index in [2.05, 4.69) is 0 Å². The summed E-state index contributed by atoms with van der Waals surface area (Å²) in [7, 11) is 0. The number of carbonyl (C=O) groups is 1. The highest BCUT2D eigenvalue weighted by Crippen LogP contribution is 2.33. The van der Waals surface area contributed by atoms with Crippen LogP contribution >= 0.6 is 0 Å². The molecule has 1 aliphatic heterocycles. The number of nitro benzene ring substituents is 1. The minimum atomic E-state index is -0.575. The molecule has 0 aromatic heterocycles. The van der Waals surface area contributed by atoms with E-state index in [1.54, 1.807) is 31.2 Å². The van der Waals surface area contributed by atoms with Crippen molar-refractivity contribution in [2.75, 3.05) is 13.2 Å². The Morgan fingerprint density at radius 1 is 1.26 bits per heavy atom. The van der Waals surface area contributed by atoms with Crippen LogP contribution in [0.3, 0.4) is 0 Å². The first-order chi connectivity index (χ1) is 11.1. The van der Waals surface area contributed by atoms with Gasteiger partial charge in [0.1, 0.15) is 18.3 Å². The molecule has 1 atom stereocenters. The quantitative estimate of drug-likeness (QED) is 0.354. The Bertz CT molecular complexity index is 767. The third-order valence-corrected chi connectivity index (χ3v) is 3.64. The first-order valence-electron chi connectivity index (χ1n) is 7.20. The van der Waals surface area contributed by atoms with Gasteiger partial charge >= 0.3 is 5.69 Å². The van der Waals surface area contributed by atoms with Gasteiger partial charge in [0.05, 0.1) is 11.5 Å². The topological polar surface area (TPSA) is 82.0 Å². The number of benzene rings is 2. The molecule has 0 amide bonds. The molecule has 3 rings (SSSR count). The van der Waals surface area contributed by atoms with Gasteiger partial charge in [0.2, 0.25) is 0 Å². The summed E-state index contributed by atoms with van der Waals surface area (Å²) in [5.74, 6) is -0.298. The van der Waals surface area contributed by atoms with Gasteiger partial charge in [0.25, 0.3) is 0 Å². The normalized spacial score (nSPS) is 16.0. The molecule has 2 aromatic carbocycles. The predicted molar refractivity (Wildman–Crippen MR) is 82.9 cm³/mol. The molecule has 6 heteroatoms. The van der Waals surface area contributed by atoms with Gasteiger partial charge in [-0.3, -0.25) is 14.9 Å². The second kappa shape index (κ2) is 6.18. The summed E-state index contributed by atoms with van der Waals surface area (Å²) in [4.78, 5) is 23.6. The van der Waals surface area contributed by atoms with Crippen LogP contribution < -0.4 is 4.74 Å². The van der Waals surface area contributed by atoms with E-state index in [0.717, 1.165) is 5.56 Å². The van der Waals surface area contributed by atoms with E-state index < -0.39 is 4.92 Å². The summed E-state index contributed by atoms with van der Waals surface area (Å²) >= 11 is 0. The number of ketones is 1. The summed E-state index contributed by atoms with van der Waals surface area (Å²) in [5, 5.41) is 11.5. The summed E-state index contributed by atoms with van der Waals surface area (Å²) in [6.07, 6.45) is -0.0228. The van der Waals surface area contributed by atoms with Crippen molar-refractivity contribution in [1.82, 2.24) is 0 Å². The fourth-order valence-electron chi connectivity index (χ4n) is 2.33. The zero-order chi connectivity index (χ0) is 16.4. The highest BCUT2D eigenvalue weighted by atomic mass is 16.6. The molecule has 0 spiro atoms. The Labute approximate surface area is 132 Å². The van der Waals surface area contributed by atoms with Crippen LogP contribution in [-0.2, 0) is 4.74 Å². The molecule has 1 aliphatic rings. The lowest BCUT2D eigenvalue weighted by atomic mass is 9.98. The maximum atomic E-state index is 12.7. The van der Waals surface area contributed by atoms with E-state index in [1.165, 1.54) is 12.1 Å². The van der Waals surface area contributed by atoms with Crippen molar-refractivity contribution in [1.29, 1.82) is 0 Å². The molecule has 1 heterocycles. The van der Waals surface area contributed by atoms with E-state index in [1.807, 2.05) is 6.07 Å². The van der Waals surface area contributed by atoms with Gasteiger partial charge in [-0.05, 0) is 24.6 Å². The van der Waals surface area contributed by atoms with Crippen LogP contribution in [0.15, 0.2) is 42.5 Å². The standard InChI is InChI=1S/C17H15NO5/c1-11-5-2-3-6-13(11)17(19)14-7-4-8-15(16(14)18(20)21)23-10-12-9-22-12/h2-8,12H,9-10H2,1H3. The lowest BCUT2D eigenvalue weighted by Gasteiger charge is -2.09. The highest BCUT2D eigenvalue weighted by Gasteiger charge is 2.29. The summed E-state index contributed by atoms with van der Waals surface area (Å²) in [6.45, 7) is 2.63.